The second-order valence-corrected chi connectivity index (χ2v) is 12.4. The fourth-order valence-corrected chi connectivity index (χ4v) is 7.36. The Morgan fingerprint density at radius 3 is 1.65 bits per heavy atom. The molecule has 1 aliphatic heterocycles. The minimum Gasteiger partial charge on any atom is -0.218 e. The lowest BCUT2D eigenvalue weighted by molar-refractivity contribution is 0.598. The van der Waals surface area contributed by atoms with Crippen LogP contribution in [0.1, 0.15) is 0 Å². The summed E-state index contributed by atoms with van der Waals surface area (Å²) in [5, 5.41) is 2.23. The Morgan fingerprint density at radius 2 is 0.884 bits per heavy atom. The number of fused-ring (bicyclic) bond motifs is 4. The lowest BCUT2D eigenvalue weighted by atomic mass is 10.0. The van der Waals surface area contributed by atoms with Crippen LogP contribution < -0.4 is 0 Å². The molecule has 5 nitrogen and oxygen atoms in total. The van der Waals surface area contributed by atoms with Gasteiger partial charge in [-0.15, -0.1) is 0 Å². The van der Waals surface area contributed by atoms with Gasteiger partial charge in [0.15, 0.2) is 17.5 Å². The molecule has 0 amide bonds. The number of hydrogen-bond acceptors (Lipinski definition) is 5. The molecule has 0 atom stereocenters. The van der Waals surface area contributed by atoms with Gasteiger partial charge in [0.05, 0.1) is 9.79 Å². The van der Waals surface area contributed by atoms with Gasteiger partial charge in [-0.1, -0.05) is 109 Å². The van der Waals surface area contributed by atoms with Crippen molar-refractivity contribution in [2.45, 2.75) is 9.79 Å². The lowest BCUT2D eigenvalue weighted by Gasteiger charge is -2.10. The van der Waals surface area contributed by atoms with Gasteiger partial charge in [-0.2, -0.15) is 0 Å². The van der Waals surface area contributed by atoms with Crippen molar-refractivity contribution in [2.24, 2.45) is 0 Å². The minimum atomic E-state index is -3.57. The van der Waals surface area contributed by atoms with Crippen molar-refractivity contribution in [2.75, 3.05) is 0 Å². The van der Waals surface area contributed by atoms with Crippen LogP contribution in [0.25, 0.3) is 67.2 Å². The fraction of sp³-hybridized carbons (Fsp3) is 0. The third-order valence-corrected chi connectivity index (χ3v) is 9.76. The molecule has 0 saturated heterocycles. The first-order valence-electron chi connectivity index (χ1n) is 13.9. The second-order valence-electron chi connectivity index (χ2n) is 10.5. The smallest absolute Gasteiger partial charge is 0.207 e. The first-order chi connectivity index (χ1) is 21.0. The summed E-state index contributed by atoms with van der Waals surface area (Å²) in [7, 11) is -3.57. The quantitative estimate of drug-likeness (QED) is 0.211. The van der Waals surface area contributed by atoms with Crippen LogP contribution in [0.4, 0.5) is 0 Å². The van der Waals surface area contributed by atoms with Crippen molar-refractivity contribution in [3.05, 3.63) is 140 Å². The van der Waals surface area contributed by atoms with Gasteiger partial charge >= 0.3 is 0 Å². The summed E-state index contributed by atoms with van der Waals surface area (Å²) in [5.41, 5.74) is 6.05. The zero-order valence-electron chi connectivity index (χ0n) is 22.8. The average molecular weight is 574 g/mol. The lowest BCUT2D eigenvalue weighted by Crippen LogP contribution is -2.01. The molecule has 0 spiro atoms. The van der Waals surface area contributed by atoms with E-state index in [9.17, 15) is 8.42 Å². The highest BCUT2D eigenvalue weighted by Gasteiger charge is 2.32. The SMILES string of the molecule is O=S1(=O)c2ccccc2-c2cc(-c3nc(-c4ccc(-c5ccccc5)cc4)nc(-c4ccc5ccccc5c4)n3)ccc21. The van der Waals surface area contributed by atoms with Crippen molar-refractivity contribution < 1.29 is 8.42 Å². The van der Waals surface area contributed by atoms with Crippen molar-refractivity contribution in [1.82, 2.24) is 15.0 Å². The number of rotatable bonds is 4. The highest BCUT2D eigenvalue weighted by Crippen LogP contribution is 2.44. The average Bonchev–Trinajstić information content (AvgIpc) is 3.30. The summed E-state index contributed by atoms with van der Waals surface area (Å²) in [4.78, 5) is 15.4. The molecule has 0 saturated carbocycles. The van der Waals surface area contributed by atoms with E-state index in [0.717, 1.165) is 38.6 Å². The van der Waals surface area contributed by atoms with E-state index in [1.807, 2.05) is 66.7 Å². The van der Waals surface area contributed by atoms with E-state index >= 15 is 0 Å². The molecule has 1 aromatic heterocycles. The topological polar surface area (TPSA) is 72.8 Å². The van der Waals surface area contributed by atoms with Crippen LogP contribution in [-0.4, -0.2) is 23.4 Å². The van der Waals surface area contributed by atoms with Crippen molar-refractivity contribution >= 4 is 20.6 Å². The van der Waals surface area contributed by atoms with Gasteiger partial charge in [-0.05, 0) is 52.2 Å². The summed E-state index contributed by atoms with van der Waals surface area (Å²) in [5.74, 6) is 1.57. The molecular formula is C37H23N3O2S. The number of benzene rings is 6. The third kappa shape index (κ3) is 4.31. The van der Waals surface area contributed by atoms with Gasteiger partial charge in [0.25, 0.3) is 0 Å². The van der Waals surface area contributed by atoms with Crippen LogP contribution in [0.15, 0.2) is 149 Å². The molecule has 6 heteroatoms. The fourth-order valence-electron chi connectivity index (χ4n) is 5.69. The van der Waals surface area contributed by atoms with E-state index in [-0.39, 0.29) is 0 Å². The third-order valence-electron chi connectivity index (χ3n) is 7.89. The van der Waals surface area contributed by atoms with Gasteiger partial charge in [0, 0.05) is 27.8 Å². The van der Waals surface area contributed by atoms with Crippen molar-refractivity contribution in [3.8, 4) is 56.4 Å². The number of sulfone groups is 1. The predicted molar refractivity (Wildman–Crippen MR) is 170 cm³/mol. The molecule has 7 aromatic rings. The van der Waals surface area contributed by atoms with Crippen LogP contribution in [0, 0.1) is 0 Å². The summed E-state index contributed by atoms with van der Waals surface area (Å²) in [6.45, 7) is 0. The van der Waals surface area contributed by atoms with Crippen LogP contribution >= 0.6 is 0 Å². The summed E-state index contributed by atoms with van der Waals surface area (Å²) in [6, 6.07) is 45.2. The summed E-state index contributed by atoms with van der Waals surface area (Å²) in [6.07, 6.45) is 0. The maximum Gasteiger partial charge on any atom is 0.207 e. The molecule has 6 aromatic carbocycles. The zero-order chi connectivity index (χ0) is 29.0. The summed E-state index contributed by atoms with van der Waals surface area (Å²) < 4.78 is 26.4. The van der Waals surface area contributed by atoms with Crippen molar-refractivity contribution in [1.29, 1.82) is 0 Å². The Labute approximate surface area is 249 Å². The molecule has 0 bridgehead atoms. The standard InChI is InChI=1S/C37H23N3O2S/c41-43(42)33-13-7-6-12-31(33)32-23-30(20-21-34(32)43)37-39-35(27-17-14-26(15-18-27)24-8-2-1-3-9-24)38-36(40-37)29-19-16-25-10-4-5-11-28(25)22-29/h1-23H. The van der Waals surface area contributed by atoms with Gasteiger partial charge in [-0.25, -0.2) is 23.4 Å². The Hall–Kier alpha value is -5.46. The molecule has 0 unspecified atom stereocenters. The Bertz CT molecular complexity index is 2300. The number of nitrogens with zero attached hydrogens (tertiary/aromatic N) is 3. The maximum atomic E-state index is 13.2. The van der Waals surface area contributed by atoms with Gasteiger partial charge in [-0.3, -0.25) is 0 Å². The van der Waals surface area contributed by atoms with Crippen LogP contribution in [0.3, 0.4) is 0 Å². The molecule has 0 aliphatic carbocycles. The van der Waals surface area contributed by atoms with E-state index in [2.05, 4.69) is 48.5 Å². The maximum absolute atomic E-state index is 13.2. The molecule has 8 rings (SSSR count). The zero-order valence-corrected chi connectivity index (χ0v) is 23.7. The predicted octanol–water partition coefficient (Wildman–Crippen LogP) is 8.51. The molecule has 0 fully saturated rings. The first kappa shape index (κ1) is 25.3. The molecule has 1 aliphatic rings. The Kier molecular flexibility index (Phi) is 5.77. The molecule has 0 radical (unpaired) electrons. The van der Waals surface area contributed by atoms with Crippen LogP contribution in [-0.2, 0) is 9.84 Å². The normalized spacial score (nSPS) is 13.0. The first-order valence-corrected chi connectivity index (χ1v) is 15.4. The largest absolute Gasteiger partial charge is 0.218 e. The molecule has 204 valence electrons. The Balaban J connectivity index is 1.29. The molecule has 43 heavy (non-hydrogen) atoms. The van der Waals surface area contributed by atoms with E-state index in [0.29, 0.717) is 38.4 Å². The number of aromatic nitrogens is 3. The molecule has 0 N–H and O–H groups in total. The summed E-state index contributed by atoms with van der Waals surface area (Å²) >= 11 is 0. The highest BCUT2D eigenvalue weighted by molar-refractivity contribution is 7.92. The van der Waals surface area contributed by atoms with Gasteiger partial charge in [0.1, 0.15) is 0 Å². The van der Waals surface area contributed by atoms with Crippen molar-refractivity contribution in [3.63, 3.8) is 0 Å². The minimum absolute atomic E-state index is 0.304. The highest BCUT2D eigenvalue weighted by atomic mass is 32.2. The molecular weight excluding hydrogens is 550 g/mol. The van der Waals surface area contributed by atoms with E-state index in [1.54, 1.807) is 24.3 Å². The second kappa shape index (κ2) is 9.82. The van der Waals surface area contributed by atoms with E-state index < -0.39 is 9.84 Å². The monoisotopic (exact) mass is 573 g/mol. The van der Waals surface area contributed by atoms with E-state index in [1.165, 1.54) is 0 Å². The van der Waals surface area contributed by atoms with Gasteiger partial charge in [0.2, 0.25) is 9.84 Å². The Morgan fingerprint density at radius 1 is 0.372 bits per heavy atom. The number of hydrogen-bond donors (Lipinski definition) is 0. The van der Waals surface area contributed by atoms with Crippen LogP contribution in [0.5, 0.6) is 0 Å². The molecule has 2 heterocycles. The van der Waals surface area contributed by atoms with Crippen LogP contribution in [0.2, 0.25) is 0 Å². The van der Waals surface area contributed by atoms with E-state index in [4.69, 9.17) is 15.0 Å². The van der Waals surface area contributed by atoms with Gasteiger partial charge < -0.3 is 0 Å².